The van der Waals surface area contributed by atoms with Crippen molar-refractivity contribution < 1.29 is 13.2 Å². The fourth-order valence-electron chi connectivity index (χ4n) is 0.588. The van der Waals surface area contributed by atoms with Gasteiger partial charge in [0.25, 0.3) is 0 Å². The number of carbonyl (C=O) groups excluding carboxylic acids is 1. The first kappa shape index (κ1) is 10.4. The Bertz CT molecular complexity index is 234. The molecule has 0 saturated heterocycles. The van der Waals surface area contributed by atoms with Crippen LogP contribution < -0.4 is 11.5 Å². The summed E-state index contributed by atoms with van der Waals surface area (Å²) in [5.41, 5.74) is 9.73. The fraction of sp³-hybridized carbons (Fsp3) is 0.800. The van der Waals surface area contributed by atoms with Crippen LogP contribution in [0, 0.1) is 0 Å². The Hall–Kier alpha value is -0.620. The predicted octanol–water partition coefficient (Wildman–Crippen LogP) is -1.42. The zero-order valence-electron chi connectivity index (χ0n) is 6.28. The van der Waals surface area contributed by atoms with Gasteiger partial charge in [-0.15, -0.1) is 0 Å². The maximum atomic E-state index is 10.9. The lowest BCUT2D eigenvalue weighted by molar-refractivity contribution is -0.117. The lowest BCUT2D eigenvalue weighted by atomic mass is 10.6. The highest BCUT2D eigenvalue weighted by atomic mass is 32.2. The second kappa shape index (κ2) is 3.68. The molecule has 0 aliphatic heterocycles. The molecule has 4 N–H and O–H groups in total. The van der Waals surface area contributed by atoms with Gasteiger partial charge >= 0.3 is 0 Å². The van der Waals surface area contributed by atoms with Gasteiger partial charge in [0.2, 0.25) is 5.91 Å². The predicted molar refractivity (Wildman–Crippen MR) is 41.2 cm³/mol. The minimum Gasteiger partial charge on any atom is -0.367 e. The van der Waals surface area contributed by atoms with Crippen LogP contribution in [0.15, 0.2) is 0 Å². The molecule has 0 radical (unpaired) electrons. The second-order valence-corrected chi connectivity index (χ2v) is 4.43. The zero-order valence-corrected chi connectivity index (χ0v) is 7.10. The fourth-order valence-corrected chi connectivity index (χ4v) is 1.77. The molecule has 0 aromatic carbocycles. The van der Waals surface area contributed by atoms with Gasteiger partial charge in [-0.3, -0.25) is 4.79 Å². The quantitative estimate of drug-likeness (QED) is 0.554. The summed E-state index contributed by atoms with van der Waals surface area (Å²) in [6.45, 7) is 1.69. The molecular weight excluding hydrogens is 168 g/mol. The van der Waals surface area contributed by atoms with E-state index in [-0.39, 0.29) is 5.75 Å². The summed E-state index contributed by atoms with van der Waals surface area (Å²) in [7, 11) is -3.51. The third-order valence-electron chi connectivity index (χ3n) is 1.16. The topological polar surface area (TPSA) is 103 Å². The van der Waals surface area contributed by atoms with Crippen molar-refractivity contribution in [3.63, 3.8) is 0 Å². The summed E-state index contributed by atoms with van der Waals surface area (Å²) in [6, 6.07) is 0. The molecule has 1 amide bonds. The van der Waals surface area contributed by atoms with Gasteiger partial charge in [0, 0.05) is 0 Å². The number of amides is 1. The first-order chi connectivity index (χ1) is 4.91. The van der Waals surface area contributed by atoms with Crippen LogP contribution >= 0.6 is 0 Å². The summed E-state index contributed by atoms with van der Waals surface area (Å²) in [5.74, 6) is -1.10. The van der Waals surface area contributed by atoms with Gasteiger partial charge in [0.05, 0.1) is 5.75 Å². The van der Waals surface area contributed by atoms with Gasteiger partial charge in [-0.1, -0.05) is 6.92 Å². The summed E-state index contributed by atoms with van der Waals surface area (Å²) in [6.07, 6.45) is 0.434. The number of nitrogens with two attached hydrogens (primary N) is 2. The third-order valence-corrected chi connectivity index (χ3v) is 3.14. The second-order valence-electron chi connectivity index (χ2n) is 2.19. The van der Waals surface area contributed by atoms with E-state index in [2.05, 4.69) is 0 Å². The zero-order chi connectivity index (χ0) is 9.07. The molecule has 11 heavy (non-hydrogen) atoms. The van der Waals surface area contributed by atoms with Gasteiger partial charge in [0.15, 0.2) is 15.2 Å². The smallest absolute Gasteiger partial charge is 0.250 e. The van der Waals surface area contributed by atoms with E-state index in [1.54, 1.807) is 6.92 Å². The molecule has 0 spiro atoms. The van der Waals surface area contributed by atoms with Crippen molar-refractivity contribution >= 4 is 15.7 Å². The van der Waals surface area contributed by atoms with E-state index >= 15 is 0 Å². The lowest BCUT2D eigenvalue weighted by Gasteiger charge is -2.06. The molecule has 0 aromatic heterocycles. The number of hydrogen-bond donors (Lipinski definition) is 2. The Kier molecular flexibility index (Phi) is 3.47. The van der Waals surface area contributed by atoms with E-state index in [0.29, 0.717) is 6.42 Å². The molecule has 1 unspecified atom stereocenters. The van der Waals surface area contributed by atoms with Crippen LogP contribution in [0.25, 0.3) is 0 Å². The molecule has 0 heterocycles. The van der Waals surface area contributed by atoms with Crippen molar-refractivity contribution in [1.82, 2.24) is 0 Å². The van der Waals surface area contributed by atoms with Gasteiger partial charge in [0.1, 0.15) is 0 Å². The summed E-state index contributed by atoms with van der Waals surface area (Å²) in [5, 5.41) is -1.55. The van der Waals surface area contributed by atoms with Crippen molar-refractivity contribution in [1.29, 1.82) is 0 Å². The van der Waals surface area contributed by atoms with E-state index in [9.17, 15) is 13.2 Å². The van der Waals surface area contributed by atoms with Gasteiger partial charge < -0.3 is 11.5 Å². The first-order valence-corrected chi connectivity index (χ1v) is 4.90. The highest BCUT2D eigenvalue weighted by Gasteiger charge is 2.24. The van der Waals surface area contributed by atoms with Crippen LogP contribution in [0.2, 0.25) is 0 Å². The molecule has 66 valence electrons. The standard InChI is InChI=1S/C5H12N2O3S/c1-2-3-11(9,10)5(7)4(6)8/h5H,2-3,7H2,1H3,(H2,6,8). The molecule has 0 bridgehead atoms. The average molecular weight is 180 g/mol. The normalized spacial score (nSPS) is 14.4. The van der Waals surface area contributed by atoms with Gasteiger partial charge in [-0.2, -0.15) is 0 Å². The van der Waals surface area contributed by atoms with Crippen molar-refractivity contribution in [3.8, 4) is 0 Å². The Morgan fingerprint density at radius 1 is 1.55 bits per heavy atom. The molecule has 5 nitrogen and oxygen atoms in total. The van der Waals surface area contributed by atoms with Crippen LogP contribution in [-0.2, 0) is 14.6 Å². The Morgan fingerprint density at radius 2 is 2.00 bits per heavy atom. The van der Waals surface area contributed by atoms with Crippen molar-refractivity contribution in [2.45, 2.75) is 18.7 Å². The molecule has 0 aromatic rings. The van der Waals surface area contributed by atoms with Crippen LogP contribution in [0.4, 0.5) is 0 Å². The van der Waals surface area contributed by atoms with Crippen molar-refractivity contribution in [3.05, 3.63) is 0 Å². The summed E-state index contributed by atoms with van der Waals surface area (Å²) in [4.78, 5) is 10.3. The number of primary amides is 1. The Balaban J connectivity index is 4.44. The van der Waals surface area contributed by atoms with Crippen LogP contribution in [-0.4, -0.2) is 25.5 Å². The van der Waals surface area contributed by atoms with Crippen molar-refractivity contribution in [2.75, 3.05) is 5.75 Å². The highest BCUT2D eigenvalue weighted by molar-refractivity contribution is 7.92. The molecular formula is C5H12N2O3S. The first-order valence-electron chi connectivity index (χ1n) is 3.18. The molecule has 0 rings (SSSR count). The van der Waals surface area contributed by atoms with Crippen LogP contribution in [0.5, 0.6) is 0 Å². The number of sulfone groups is 1. The number of hydrogen-bond acceptors (Lipinski definition) is 4. The van der Waals surface area contributed by atoms with E-state index in [4.69, 9.17) is 11.5 Å². The third kappa shape index (κ3) is 2.85. The SMILES string of the molecule is CCCS(=O)(=O)C(N)C(N)=O. The monoisotopic (exact) mass is 180 g/mol. The largest absolute Gasteiger partial charge is 0.367 e. The number of rotatable bonds is 4. The van der Waals surface area contributed by atoms with E-state index in [0.717, 1.165) is 0 Å². The average Bonchev–Trinajstić information content (AvgIpc) is 1.86. The van der Waals surface area contributed by atoms with Crippen LogP contribution in [0.3, 0.4) is 0 Å². The molecule has 0 aliphatic rings. The molecule has 1 atom stereocenters. The van der Waals surface area contributed by atoms with Gasteiger partial charge in [-0.05, 0) is 6.42 Å². The van der Waals surface area contributed by atoms with Crippen LogP contribution in [0.1, 0.15) is 13.3 Å². The Labute approximate surface area is 65.7 Å². The molecule has 0 saturated carbocycles. The minimum absolute atomic E-state index is 0.100. The van der Waals surface area contributed by atoms with E-state index < -0.39 is 21.1 Å². The maximum absolute atomic E-state index is 10.9. The van der Waals surface area contributed by atoms with E-state index in [1.165, 1.54) is 0 Å². The van der Waals surface area contributed by atoms with Gasteiger partial charge in [-0.25, -0.2) is 8.42 Å². The number of carbonyl (C=O) groups is 1. The van der Waals surface area contributed by atoms with E-state index in [1.807, 2.05) is 0 Å². The maximum Gasteiger partial charge on any atom is 0.250 e. The summed E-state index contributed by atoms with van der Waals surface area (Å²) >= 11 is 0. The molecule has 0 fully saturated rings. The minimum atomic E-state index is -3.51. The summed E-state index contributed by atoms with van der Waals surface area (Å²) < 4.78 is 21.9. The molecule has 0 aliphatic carbocycles. The van der Waals surface area contributed by atoms with Crippen molar-refractivity contribution in [2.24, 2.45) is 11.5 Å². The highest BCUT2D eigenvalue weighted by Crippen LogP contribution is 1.97. The Morgan fingerprint density at radius 3 is 2.27 bits per heavy atom. The molecule has 6 heteroatoms. The lowest BCUT2D eigenvalue weighted by Crippen LogP contribution is -2.44.